The summed E-state index contributed by atoms with van der Waals surface area (Å²) in [7, 11) is 0. The van der Waals surface area contributed by atoms with Crippen LogP contribution >= 0.6 is 23.2 Å². The molecular weight excluding hydrogens is 540 g/mol. The molecule has 3 aromatic carbocycles. The van der Waals surface area contributed by atoms with Crippen LogP contribution in [0, 0.1) is 11.6 Å². The van der Waals surface area contributed by atoms with Gasteiger partial charge in [0, 0.05) is 33.4 Å². The maximum Gasteiger partial charge on any atom is 0.403 e. The molecule has 13 heteroatoms. The Kier molecular flexibility index (Phi) is 9.30. The first-order valence-corrected chi connectivity index (χ1v) is 11.4. The van der Waals surface area contributed by atoms with Crippen LogP contribution in [-0.4, -0.2) is 30.3 Å². The van der Waals surface area contributed by atoms with Crippen molar-refractivity contribution in [3.63, 3.8) is 0 Å². The minimum atomic E-state index is -4.73. The van der Waals surface area contributed by atoms with Crippen LogP contribution in [0.25, 0.3) is 0 Å². The number of nitrogens with one attached hydrogen (secondary N) is 3. The number of carbonyl (C=O) groups is 1. The summed E-state index contributed by atoms with van der Waals surface area (Å²) in [5.41, 5.74) is 5.77. The zero-order valence-corrected chi connectivity index (χ0v) is 20.3. The van der Waals surface area contributed by atoms with Crippen LogP contribution in [0.1, 0.15) is 16.8 Å². The molecule has 0 radical (unpaired) electrons. The molecule has 2 atom stereocenters. The summed E-state index contributed by atoms with van der Waals surface area (Å²) in [6.07, 6.45) is -6.72. The number of nitrogens with zero attached hydrogens (tertiary/aromatic N) is 1. The molecule has 6 nitrogen and oxygen atoms in total. The molecule has 0 aliphatic rings. The molecule has 0 saturated carbocycles. The van der Waals surface area contributed by atoms with E-state index >= 15 is 0 Å². The summed E-state index contributed by atoms with van der Waals surface area (Å²) in [5, 5.41) is 8.47. The van der Waals surface area contributed by atoms with Gasteiger partial charge in [0.2, 0.25) is 5.96 Å². The molecule has 1 amide bonds. The number of hydrogen-bond acceptors (Lipinski definition) is 3. The van der Waals surface area contributed by atoms with Crippen molar-refractivity contribution in [1.82, 2.24) is 5.32 Å². The molecule has 0 saturated heterocycles. The monoisotopic (exact) mass is 559 g/mol. The van der Waals surface area contributed by atoms with E-state index in [1.807, 2.05) is 0 Å². The first kappa shape index (κ1) is 28.2. The van der Waals surface area contributed by atoms with Crippen LogP contribution < -0.4 is 21.7 Å². The molecule has 0 aliphatic carbocycles. The van der Waals surface area contributed by atoms with Gasteiger partial charge in [0.05, 0.1) is 0 Å². The second kappa shape index (κ2) is 12.2. The van der Waals surface area contributed by atoms with E-state index in [4.69, 9.17) is 28.9 Å². The Morgan fingerprint density at radius 1 is 0.892 bits per heavy atom. The minimum Gasteiger partial charge on any atom is -0.365 e. The normalized spacial score (nSPS) is 13.6. The number of alkyl halides is 3. The number of carbonyl (C=O) groups excluding carboxylic acids is 1. The fourth-order valence-electron chi connectivity index (χ4n) is 3.07. The molecule has 37 heavy (non-hydrogen) atoms. The summed E-state index contributed by atoms with van der Waals surface area (Å²) in [5.74, 6) is -2.38. The van der Waals surface area contributed by atoms with Crippen LogP contribution in [-0.2, 0) is 0 Å². The third-order valence-corrected chi connectivity index (χ3v) is 5.31. The Bertz CT molecular complexity index is 1230. The van der Waals surface area contributed by atoms with Crippen molar-refractivity contribution in [2.45, 2.75) is 24.8 Å². The zero-order chi connectivity index (χ0) is 27.2. The predicted molar refractivity (Wildman–Crippen MR) is 134 cm³/mol. The Balaban J connectivity index is 1.95. The van der Waals surface area contributed by atoms with E-state index in [2.05, 4.69) is 20.9 Å². The molecule has 0 heterocycles. The Morgan fingerprint density at radius 2 is 1.54 bits per heavy atom. The number of benzene rings is 3. The van der Waals surface area contributed by atoms with Crippen LogP contribution in [0.5, 0.6) is 0 Å². The van der Waals surface area contributed by atoms with Gasteiger partial charge in [0.1, 0.15) is 23.8 Å². The third kappa shape index (κ3) is 8.88. The molecule has 0 spiro atoms. The van der Waals surface area contributed by atoms with E-state index in [1.54, 1.807) is 0 Å². The second-order valence-electron chi connectivity index (χ2n) is 7.79. The number of nitrogens with two attached hydrogens (primary N) is 1. The fourth-order valence-corrected chi connectivity index (χ4v) is 3.42. The largest absolute Gasteiger partial charge is 0.403 e. The van der Waals surface area contributed by atoms with Crippen molar-refractivity contribution in [1.29, 1.82) is 0 Å². The van der Waals surface area contributed by atoms with Crippen molar-refractivity contribution >= 4 is 46.4 Å². The number of halogens is 7. The van der Waals surface area contributed by atoms with Crippen LogP contribution in [0.4, 0.5) is 33.3 Å². The average Bonchev–Trinajstić information content (AvgIpc) is 2.79. The number of aliphatic imine (C=N–C) groups is 1. The molecule has 5 N–H and O–H groups in total. The summed E-state index contributed by atoms with van der Waals surface area (Å²) in [6, 6.07) is 11.7. The highest BCUT2D eigenvalue weighted by Crippen LogP contribution is 2.23. The smallest absolute Gasteiger partial charge is 0.365 e. The van der Waals surface area contributed by atoms with E-state index in [0.717, 1.165) is 24.3 Å². The van der Waals surface area contributed by atoms with Gasteiger partial charge in [-0.2, -0.15) is 18.2 Å². The summed E-state index contributed by atoms with van der Waals surface area (Å²) in [6.45, 7) is 0. The standard InChI is InChI=1S/C24H20Cl2F5N5O/c25-14-3-1-13(2-4-14)22(37)36-23(34-19-10-15(26)9-17(28)11-19)35-21(12-20(32)24(29,30)31)33-18-7-5-16(27)6-8-18/h1-11,20-21,33H,12,32H2,(H2,34,35,36,37). The summed E-state index contributed by atoms with van der Waals surface area (Å²) < 4.78 is 66.9. The highest BCUT2D eigenvalue weighted by Gasteiger charge is 2.38. The molecule has 0 aliphatic heterocycles. The summed E-state index contributed by atoms with van der Waals surface area (Å²) in [4.78, 5) is 16.7. The minimum absolute atomic E-state index is 0.0194. The predicted octanol–water partition coefficient (Wildman–Crippen LogP) is 6.19. The van der Waals surface area contributed by atoms with Gasteiger partial charge in [-0.05, 0) is 66.7 Å². The Morgan fingerprint density at radius 3 is 2.14 bits per heavy atom. The topological polar surface area (TPSA) is 91.5 Å². The molecule has 3 rings (SSSR count). The second-order valence-corrected chi connectivity index (χ2v) is 8.66. The first-order valence-electron chi connectivity index (χ1n) is 10.6. The molecular formula is C24H20Cl2F5N5O. The van der Waals surface area contributed by atoms with Crippen molar-refractivity contribution in [3.8, 4) is 0 Å². The van der Waals surface area contributed by atoms with Crippen LogP contribution in [0.2, 0.25) is 10.0 Å². The van der Waals surface area contributed by atoms with Gasteiger partial charge in [-0.1, -0.05) is 23.2 Å². The molecule has 3 aromatic rings. The highest BCUT2D eigenvalue weighted by atomic mass is 35.5. The molecule has 0 aromatic heterocycles. The lowest BCUT2D eigenvalue weighted by Gasteiger charge is -2.27. The molecule has 0 bridgehead atoms. The average molecular weight is 560 g/mol. The van der Waals surface area contributed by atoms with Crippen molar-refractivity contribution in [2.75, 3.05) is 10.6 Å². The lowest BCUT2D eigenvalue weighted by atomic mass is 10.1. The van der Waals surface area contributed by atoms with Gasteiger partial charge >= 0.3 is 6.18 Å². The maximum atomic E-state index is 13.9. The number of hydrogen-bond donors (Lipinski definition) is 4. The number of guanidine groups is 1. The van der Waals surface area contributed by atoms with Gasteiger partial charge in [-0.3, -0.25) is 4.79 Å². The number of anilines is 2. The van der Waals surface area contributed by atoms with Crippen LogP contribution in [0.3, 0.4) is 0 Å². The molecule has 0 fully saturated rings. The van der Waals surface area contributed by atoms with Crippen molar-refractivity contribution in [3.05, 3.63) is 94.0 Å². The van der Waals surface area contributed by atoms with E-state index < -0.39 is 42.3 Å². The SMILES string of the molecule is NC(CC(N/C(=N\C(=O)c1ccc(Cl)cc1)Nc1cc(F)cc(Cl)c1)Nc1ccc(F)cc1)C(F)(F)F. The highest BCUT2D eigenvalue weighted by molar-refractivity contribution is 6.31. The zero-order valence-electron chi connectivity index (χ0n) is 18.8. The van der Waals surface area contributed by atoms with Crippen molar-refractivity contribution < 1.29 is 26.7 Å². The lowest BCUT2D eigenvalue weighted by molar-refractivity contribution is -0.149. The Labute approximate surface area is 218 Å². The maximum absolute atomic E-state index is 13.9. The van der Waals surface area contributed by atoms with E-state index in [-0.39, 0.29) is 27.9 Å². The van der Waals surface area contributed by atoms with Gasteiger partial charge < -0.3 is 21.7 Å². The van der Waals surface area contributed by atoms with Gasteiger partial charge in [-0.15, -0.1) is 0 Å². The summed E-state index contributed by atoms with van der Waals surface area (Å²) >= 11 is 11.7. The molecule has 196 valence electrons. The number of amides is 1. The van der Waals surface area contributed by atoms with Crippen LogP contribution in [0.15, 0.2) is 71.7 Å². The van der Waals surface area contributed by atoms with E-state index in [9.17, 15) is 26.7 Å². The number of rotatable bonds is 7. The van der Waals surface area contributed by atoms with E-state index in [0.29, 0.717) is 5.02 Å². The lowest BCUT2D eigenvalue weighted by Crippen LogP contribution is -2.50. The molecule has 2 unspecified atom stereocenters. The van der Waals surface area contributed by atoms with Gasteiger partial charge in [0.25, 0.3) is 5.91 Å². The van der Waals surface area contributed by atoms with E-state index in [1.165, 1.54) is 42.5 Å². The fraction of sp³-hybridized carbons (Fsp3) is 0.167. The van der Waals surface area contributed by atoms with Gasteiger partial charge in [0.15, 0.2) is 0 Å². The third-order valence-electron chi connectivity index (χ3n) is 4.84. The first-order chi connectivity index (χ1) is 17.4. The van der Waals surface area contributed by atoms with Crippen molar-refractivity contribution in [2.24, 2.45) is 10.7 Å². The van der Waals surface area contributed by atoms with Gasteiger partial charge in [-0.25, -0.2) is 8.78 Å². The quantitative estimate of drug-likeness (QED) is 0.120. The Hall–Kier alpha value is -3.41.